The van der Waals surface area contributed by atoms with Gasteiger partial charge >= 0.3 is 11.9 Å². The summed E-state index contributed by atoms with van der Waals surface area (Å²) in [6.45, 7) is 7.57. The standard InChI is InChI=1S/C35H50O5/c1-4-6-7-8-9-10-11-12-25-38-32-21-17-29(18-22-32)28-13-15-31(16-14-28)35(37)40-33-23-19-30(20-24-33)34(36)39-26-27(3)5-2/h17-24,27-28,31H,4-16,25-26H2,1-3H3/t27-,28?,31?/m1/s1. The minimum atomic E-state index is -0.348. The second-order valence-corrected chi connectivity index (χ2v) is 11.5. The van der Waals surface area contributed by atoms with Crippen molar-refractivity contribution in [2.45, 2.75) is 110 Å². The molecule has 0 aliphatic heterocycles. The van der Waals surface area contributed by atoms with Crippen LogP contribution in [0.15, 0.2) is 48.5 Å². The predicted octanol–water partition coefficient (Wildman–Crippen LogP) is 9.29. The zero-order chi connectivity index (χ0) is 28.6. The molecular formula is C35H50O5. The molecule has 0 radical (unpaired) electrons. The Hall–Kier alpha value is -2.82. The molecule has 0 N–H and O–H groups in total. The maximum atomic E-state index is 12.8. The van der Waals surface area contributed by atoms with Crippen molar-refractivity contribution in [2.24, 2.45) is 11.8 Å². The molecule has 220 valence electrons. The SMILES string of the molecule is CCCCCCCCCCOc1ccc(C2CCC(C(=O)Oc3ccc(C(=O)OC[C@H](C)CC)cc3)CC2)cc1. The first-order valence-corrected chi connectivity index (χ1v) is 15.7. The molecule has 5 heteroatoms. The molecule has 0 aromatic heterocycles. The fraction of sp³-hybridized carbons (Fsp3) is 0.600. The van der Waals surface area contributed by atoms with Crippen molar-refractivity contribution in [1.29, 1.82) is 0 Å². The molecule has 0 amide bonds. The largest absolute Gasteiger partial charge is 0.494 e. The van der Waals surface area contributed by atoms with E-state index in [1.54, 1.807) is 24.3 Å². The lowest BCUT2D eigenvalue weighted by atomic mass is 9.79. The van der Waals surface area contributed by atoms with Gasteiger partial charge in [0.2, 0.25) is 0 Å². The van der Waals surface area contributed by atoms with E-state index in [9.17, 15) is 9.59 Å². The van der Waals surface area contributed by atoms with Gasteiger partial charge in [-0.05, 0) is 85.9 Å². The monoisotopic (exact) mass is 550 g/mol. The van der Waals surface area contributed by atoms with E-state index in [0.29, 0.717) is 29.8 Å². The van der Waals surface area contributed by atoms with Gasteiger partial charge in [-0.3, -0.25) is 4.79 Å². The topological polar surface area (TPSA) is 61.8 Å². The van der Waals surface area contributed by atoms with E-state index < -0.39 is 0 Å². The normalized spacial score (nSPS) is 17.7. The van der Waals surface area contributed by atoms with E-state index in [0.717, 1.165) is 50.9 Å². The first kappa shape index (κ1) is 31.7. The van der Waals surface area contributed by atoms with Gasteiger partial charge in [0.15, 0.2) is 0 Å². The predicted molar refractivity (Wildman–Crippen MR) is 161 cm³/mol. The maximum absolute atomic E-state index is 12.8. The highest BCUT2D eigenvalue weighted by Crippen LogP contribution is 2.37. The summed E-state index contributed by atoms with van der Waals surface area (Å²) < 4.78 is 16.9. The summed E-state index contributed by atoms with van der Waals surface area (Å²) in [5.41, 5.74) is 1.79. The van der Waals surface area contributed by atoms with Crippen LogP contribution in [0.5, 0.6) is 11.5 Å². The van der Waals surface area contributed by atoms with Gasteiger partial charge in [-0.2, -0.15) is 0 Å². The lowest BCUT2D eigenvalue weighted by Crippen LogP contribution is -2.25. The number of ether oxygens (including phenoxy) is 3. The van der Waals surface area contributed by atoms with Gasteiger partial charge in [0.1, 0.15) is 11.5 Å². The first-order valence-electron chi connectivity index (χ1n) is 15.7. The van der Waals surface area contributed by atoms with Crippen LogP contribution in [0.2, 0.25) is 0 Å². The molecular weight excluding hydrogens is 500 g/mol. The lowest BCUT2D eigenvalue weighted by molar-refractivity contribution is -0.140. The minimum Gasteiger partial charge on any atom is -0.494 e. The average Bonchev–Trinajstić information content (AvgIpc) is 2.99. The van der Waals surface area contributed by atoms with Crippen molar-refractivity contribution < 1.29 is 23.8 Å². The van der Waals surface area contributed by atoms with Gasteiger partial charge in [0.25, 0.3) is 0 Å². The number of unbranched alkanes of at least 4 members (excludes halogenated alkanes) is 7. The zero-order valence-electron chi connectivity index (χ0n) is 25.0. The Morgan fingerprint density at radius 1 is 0.775 bits per heavy atom. The molecule has 1 fully saturated rings. The summed E-state index contributed by atoms with van der Waals surface area (Å²) in [7, 11) is 0. The van der Waals surface area contributed by atoms with Crippen LogP contribution in [0.25, 0.3) is 0 Å². The molecule has 0 saturated heterocycles. The van der Waals surface area contributed by atoms with Crippen LogP contribution in [0.3, 0.4) is 0 Å². The molecule has 5 nitrogen and oxygen atoms in total. The summed E-state index contributed by atoms with van der Waals surface area (Å²) in [5.74, 6) is 1.58. The minimum absolute atomic E-state index is 0.0920. The number of carbonyl (C=O) groups is 2. The Balaban J connectivity index is 1.33. The van der Waals surface area contributed by atoms with Crippen molar-refractivity contribution in [3.05, 3.63) is 59.7 Å². The maximum Gasteiger partial charge on any atom is 0.338 e. The fourth-order valence-corrected chi connectivity index (χ4v) is 5.20. The number of benzene rings is 2. The second kappa shape index (κ2) is 17.8. The molecule has 0 spiro atoms. The number of esters is 2. The molecule has 2 aromatic carbocycles. The zero-order valence-corrected chi connectivity index (χ0v) is 25.0. The highest BCUT2D eigenvalue weighted by Gasteiger charge is 2.28. The average molecular weight is 551 g/mol. The number of hydrogen-bond acceptors (Lipinski definition) is 5. The van der Waals surface area contributed by atoms with Crippen molar-refractivity contribution >= 4 is 11.9 Å². The molecule has 0 heterocycles. The van der Waals surface area contributed by atoms with Crippen molar-refractivity contribution in [3.63, 3.8) is 0 Å². The highest BCUT2D eigenvalue weighted by atomic mass is 16.5. The molecule has 1 atom stereocenters. The number of carbonyl (C=O) groups excluding carboxylic acids is 2. The second-order valence-electron chi connectivity index (χ2n) is 11.5. The Morgan fingerprint density at radius 2 is 1.38 bits per heavy atom. The number of hydrogen-bond donors (Lipinski definition) is 0. The molecule has 3 rings (SSSR count). The lowest BCUT2D eigenvalue weighted by Gasteiger charge is -2.27. The van der Waals surface area contributed by atoms with E-state index in [2.05, 4.69) is 38.1 Å². The molecule has 1 aliphatic rings. The summed E-state index contributed by atoms with van der Waals surface area (Å²) in [4.78, 5) is 25.0. The third-order valence-corrected chi connectivity index (χ3v) is 8.18. The van der Waals surface area contributed by atoms with E-state index in [4.69, 9.17) is 14.2 Å². The number of rotatable bonds is 17. The highest BCUT2D eigenvalue weighted by molar-refractivity contribution is 5.89. The molecule has 1 saturated carbocycles. The Morgan fingerprint density at radius 3 is 2.00 bits per heavy atom. The third kappa shape index (κ3) is 11.0. The summed E-state index contributed by atoms with van der Waals surface area (Å²) in [5, 5.41) is 0. The van der Waals surface area contributed by atoms with Gasteiger partial charge in [-0.25, -0.2) is 4.79 Å². The summed E-state index contributed by atoms with van der Waals surface area (Å²) in [6.07, 6.45) is 15.0. The van der Waals surface area contributed by atoms with E-state index in [1.807, 2.05) is 6.92 Å². The van der Waals surface area contributed by atoms with E-state index >= 15 is 0 Å². The Labute approximate surface area is 242 Å². The van der Waals surface area contributed by atoms with Gasteiger partial charge in [0, 0.05) is 0 Å². The molecule has 1 aliphatic carbocycles. The van der Waals surface area contributed by atoms with Crippen molar-refractivity contribution in [2.75, 3.05) is 13.2 Å². The third-order valence-electron chi connectivity index (χ3n) is 8.18. The van der Waals surface area contributed by atoms with Crippen LogP contribution in [-0.4, -0.2) is 25.2 Å². The molecule has 2 aromatic rings. The van der Waals surface area contributed by atoms with Crippen LogP contribution in [-0.2, 0) is 9.53 Å². The van der Waals surface area contributed by atoms with Gasteiger partial charge < -0.3 is 14.2 Å². The van der Waals surface area contributed by atoms with Gasteiger partial charge in [0.05, 0.1) is 24.7 Å². The Bertz CT molecular complexity index is 989. The van der Waals surface area contributed by atoms with Crippen molar-refractivity contribution in [3.8, 4) is 11.5 Å². The Kier molecular flexibility index (Phi) is 14.1. The first-order chi connectivity index (χ1) is 19.5. The van der Waals surface area contributed by atoms with E-state index in [1.165, 1.54) is 50.5 Å². The van der Waals surface area contributed by atoms with Crippen molar-refractivity contribution in [1.82, 2.24) is 0 Å². The summed E-state index contributed by atoms with van der Waals surface area (Å²) in [6, 6.07) is 15.2. The van der Waals surface area contributed by atoms with Crippen LogP contribution >= 0.6 is 0 Å². The van der Waals surface area contributed by atoms with E-state index in [-0.39, 0.29) is 17.9 Å². The quantitative estimate of drug-likeness (QED) is 0.112. The molecule has 0 unspecified atom stereocenters. The fourth-order valence-electron chi connectivity index (χ4n) is 5.20. The molecule has 0 bridgehead atoms. The summed E-state index contributed by atoms with van der Waals surface area (Å²) >= 11 is 0. The van der Waals surface area contributed by atoms with Crippen LogP contribution in [0.1, 0.15) is 126 Å². The van der Waals surface area contributed by atoms with Gasteiger partial charge in [-0.1, -0.05) is 84.3 Å². The smallest absolute Gasteiger partial charge is 0.338 e. The van der Waals surface area contributed by atoms with Crippen LogP contribution in [0, 0.1) is 11.8 Å². The van der Waals surface area contributed by atoms with Crippen LogP contribution in [0.4, 0.5) is 0 Å². The van der Waals surface area contributed by atoms with Crippen LogP contribution < -0.4 is 9.47 Å². The molecule has 40 heavy (non-hydrogen) atoms. The van der Waals surface area contributed by atoms with Gasteiger partial charge in [-0.15, -0.1) is 0 Å².